The van der Waals surface area contributed by atoms with E-state index >= 15 is 0 Å². The van der Waals surface area contributed by atoms with Crippen LogP contribution in [0.3, 0.4) is 0 Å². The lowest BCUT2D eigenvalue weighted by Gasteiger charge is -2.08. The van der Waals surface area contributed by atoms with Gasteiger partial charge in [-0.05, 0) is 11.1 Å². The molecule has 1 aromatic heterocycles. The molecule has 1 atom stereocenters. The lowest BCUT2D eigenvalue weighted by atomic mass is 10.1. The monoisotopic (exact) mass is 294 g/mol. The minimum absolute atomic E-state index is 0.549. The summed E-state index contributed by atoms with van der Waals surface area (Å²) in [6.07, 6.45) is 1.10. The van der Waals surface area contributed by atoms with Gasteiger partial charge in [0, 0.05) is 10.9 Å². The molecule has 5 heteroatoms. The summed E-state index contributed by atoms with van der Waals surface area (Å²) in [6, 6.07) is 9.91. The maximum Gasteiger partial charge on any atom is 0.204 e. The lowest BCUT2D eigenvalue weighted by Crippen LogP contribution is -2.13. The topological polar surface area (TPSA) is 43.6 Å². The van der Waals surface area contributed by atoms with Gasteiger partial charge in [-0.2, -0.15) is 4.80 Å². The molecular formula is C12H15BrN4. The van der Waals surface area contributed by atoms with Crippen LogP contribution < -0.4 is 0 Å². The summed E-state index contributed by atoms with van der Waals surface area (Å²) in [5.74, 6) is 1.24. The van der Waals surface area contributed by atoms with Crippen molar-refractivity contribution in [1.29, 1.82) is 0 Å². The second-order valence-corrected chi connectivity index (χ2v) is 4.61. The summed E-state index contributed by atoms with van der Waals surface area (Å²) in [5.41, 5.74) is 1.01. The normalized spacial score (nSPS) is 12.6. The van der Waals surface area contributed by atoms with Gasteiger partial charge < -0.3 is 0 Å². The highest BCUT2D eigenvalue weighted by Crippen LogP contribution is 2.13. The van der Waals surface area contributed by atoms with E-state index < -0.39 is 0 Å². The zero-order chi connectivity index (χ0) is 12.1. The summed E-state index contributed by atoms with van der Waals surface area (Å²) in [5, 5.41) is 13.5. The van der Waals surface area contributed by atoms with Crippen molar-refractivity contribution in [3.8, 4) is 11.4 Å². The van der Waals surface area contributed by atoms with Crippen molar-refractivity contribution in [2.45, 2.75) is 19.9 Å². The molecule has 0 saturated heterocycles. The summed E-state index contributed by atoms with van der Waals surface area (Å²) < 4.78 is 0. The molecule has 0 aliphatic heterocycles. The van der Waals surface area contributed by atoms with Crippen LogP contribution in [0.1, 0.15) is 13.3 Å². The summed E-state index contributed by atoms with van der Waals surface area (Å²) >= 11 is 3.50. The Kier molecular flexibility index (Phi) is 4.25. The first-order chi connectivity index (χ1) is 8.33. The molecule has 90 valence electrons. The fourth-order valence-corrected chi connectivity index (χ4v) is 2.20. The second-order valence-electron chi connectivity index (χ2n) is 3.96. The third-order valence-corrected chi connectivity index (χ3v) is 3.62. The van der Waals surface area contributed by atoms with Gasteiger partial charge in [0.25, 0.3) is 0 Å². The van der Waals surface area contributed by atoms with E-state index in [2.05, 4.69) is 38.3 Å². The molecule has 0 aliphatic rings. The van der Waals surface area contributed by atoms with Crippen molar-refractivity contribution < 1.29 is 0 Å². The summed E-state index contributed by atoms with van der Waals surface area (Å²) in [6.45, 7) is 2.97. The van der Waals surface area contributed by atoms with Crippen molar-refractivity contribution in [3.63, 3.8) is 0 Å². The van der Waals surface area contributed by atoms with Crippen LogP contribution in [-0.2, 0) is 6.54 Å². The van der Waals surface area contributed by atoms with Crippen LogP contribution >= 0.6 is 15.9 Å². The number of tetrazole rings is 1. The van der Waals surface area contributed by atoms with Crippen LogP contribution in [0.15, 0.2) is 30.3 Å². The molecule has 0 radical (unpaired) electrons. The minimum Gasteiger partial charge on any atom is -0.164 e. The molecule has 0 N–H and O–H groups in total. The Balaban J connectivity index is 2.11. The van der Waals surface area contributed by atoms with Crippen molar-refractivity contribution >= 4 is 15.9 Å². The number of aromatic nitrogens is 4. The highest BCUT2D eigenvalue weighted by Gasteiger charge is 2.09. The Labute approximate surface area is 109 Å². The summed E-state index contributed by atoms with van der Waals surface area (Å²) in [4.78, 5) is 1.68. The fourth-order valence-electron chi connectivity index (χ4n) is 1.54. The Bertz CT molecular complexity index is 451. The first-order valence-corrected chi connectivity index (χ1v) is 6.84. The Morgan fingerprint density at radius 1 is 1.29 bits per heavy atom. The van der Waals surface area contributed by atoms with E-state index in [9.17, 15) is 0 Å². The number of alkyl halides is 1. The third kappa shape index (κ3) is 3.12. The van der Waals surface area contributed by atoms with E-state index in [1.54, 1.807) is 4.80 Å². The first kappa shape index (κ1) is 12.2. The van der Waals surface area contributed by atoms with Gasteiger partial charge in [-0.25, -0.2) is 0 Å². The van der Waals surface area contributed by atoms with Crippen LogP contribution in [-0.4, -0.2) is 25.5 Å². The molecular weight excluding hydrogens is 280 g/mol. The van der Waals surface area contributed by atoms with Gasteiger partial charge in [0.1, 0.15) is 0 Å². The van der Waals surface area contributed by atoms with Crippen LogP contribution in [0, 0.1) is 5.92 Å². The summed E-state index contributed by atoms with van der Waals surface area (Å²) in [7, 11) is 0. The number of benzene rings is 1. The predicted molar refractivity (Wildman–Crippen MR) is 70.8 cm³/mol. The van der Waals surface area contributed by atoms with E-state index in [-0.39, 0.29) is 0 Å². The minimum atomic E-state index is 0.549. The van der Waals surface area contributed by atoms with E-state index in [1.165, 1.54) is 0 Å². The lowest BCUT2D eigenvalue weighted by molar-refractivity contribution is 0.404. The molecule has 2 aromatic rings. The average Bonchev–Trinajstić information content (AvgIpc) is 2.85. The maximum absolute atomic E-state index is 4.39. The molecule has 0 saturated carbocycles. The molecule has 17 heavy (non-hydrogen) atoms. The van der Waals surface area contributed by atoms with E-state index in [4.69, 9.17) is 0 Å². The molecule has 0 fully saturated rings. The van der Waals surface area contributed by atoms with Gasteiger partial charge in [0.2, 0.25) is 5.82 Å². The van der Waals surface area contributed by atoms with Crippen LogP contribution in [0.25, 0.3) is 11.4 Å². The average molecular weight is 295 g/mol. The van der Waals surface area contributed by atoms with Crippen LogP contribution in [0.5, 0.6) is 0 Å². The molecule has 0 bridgehead atoms. The highest BCUT2D eigenvalue weighted by atomic mass is 79.9. The van der Waals surface area contributed by atoms with Crippen LogP contribution in [0.4, 0.5) is 0 Å². The quantitative estimate of drug-likeness (QED) is 0.797. The maximum atomic E-state index is 4.39. The van der Waals surface area contributed by atoms with Gasteiger partial charge in [-0.15, -0.1) is 10.2 Å². The molecule has 1 unspecified atom stereocenters. The second kappa shape index (κ2) is 5.91. The van der Waals surface area contributed by atoms with Gasteiger partial charge in [0.15, 0.2) is 0 Å². The van der Waals surface area contributed by atoms with Crippen molar-refractivity contribution in [3.05, 3.63) is 30.3 Å². The van der Waals surface area contributed by atoms with Crippen LogP contribution in [0.2, 0.25) is 0 Å². The van der Waals surface area contributed by atoms with Crippen molar-refractivity contribution in [2.24, 2.45) is 5.92 Å². The van der Waals surface area contributed by atoms with Gasteiger partial charge in [-0.3, -0.25) is 0 Å². The number of rotatable bonds is 5. The van der Waals surface area contributed by atoms with Gasteiger partial charge in [-0.1, -0.05) is 59.6 Å². The van der Waals surface area contributed by atoms with Gasteiger partial charge in [0.05, 0.1) is 6.54 Å². The largest absolute Gasteiger partial charge is 0.204 e. The molecule has 2 rings (SSSR count). The number of hydrogen-bond acceptors (Lipinski definition) is 3. The smallest absolute Gasteiger partial charge is 0.164 e. The fraction of sp³-hybridized carbons (Fsp3) is 0.417. The van der Waals surface area contributed by atoms with Crippen molar-refractivity contribution in [2.75, 3.05) is 5.33 Å². The molecule has 0 spiro atoms. The molecule has 4 nitrogen and oxygen atoms in total. The zero-order valence-corrected chi connectivity index (χ0v) is 11.3. The molecule has 1 aromatic carbocycles. The predicted octanol–water partition coefficient (Wildman–Crippen LogP) is 2.76. The number of hydrogen-bond donors (Lipinski definition) is 0. The number of halogens is 1. The number of nitrogens with zero attached hydrogens (tertiary/aromatic N) is 4. The standard InChI is InChI=1S/C12H15BrN4/c1-2-10(8-13)9-17-15-12(14-16-17)11-6-4-3-5-7-11/h3-7,10H,2,8-9H2,1H3. The zero-order valence-electron chi connectivity index (χ0n) is 9.75. The third-order valence-electron chi connectivity index (χ3n) is 2.70. The Morgan fingerprint density at radius 3 is 2.71 bits per heavy atom. The van der Waals surface area contributed by atoms with Crippen molar-refractivity contribution in [1.82, 2.24) is 20.2 Å². The molecule has 0 aliphatic carbocycles. The Morgan fingerprint density at radius 2 is 2.06 bits per heavy atom. The molecule has 1 heterocycles. The first-order valence-electron chi connectivity index (χ1n) is 5.72. The van der Waals surface area contributed by atoms with Gasteiger partial charge >= 0.3 is 0 Å². The Hall–Kier alpha value is -1.23. The van der Waals surface area contributed by atoms with E-state index in [0.29, 0.717) is 11.7 Å². The van der Waals surface area contributed by atoms with E-state index in [1.807, 2.05) is 30.3 Å². The SMILES string of the molecule is CCC(CBr)Cn1nnc(-c2ccccc2)n1. The molecule has 0 amide bonds. The highest BCUT2D eigenvalue weighted by molar-refractivity contribution is 9.09. The van der Waals surface area contributed by atoms with E-state index in [0.717, 1.165) is 23.9 Å².